The minimum Gasteiger partial charge on any atom is -0.391 e. The van der Waals surface area contributed by atoms with Crippen molar-refractivity contribution in [3.05, 3.63) is 10.1 Å². The molecule has 0 rings (SSSR count). The average Bonchev–Trinajstić information content (AvgIpc) is 1.63. The molecule has 0 atom stereocenters. The van der Waals surface area contributed by atoms with Crippen molar-refractivity contribution in [3.63, 3.8) is 0 Å². The molecule has 0 aliphatic heterocycles. The molecule has 0 bridgehead atoms. The van der Waals surface area contributed by atoms with Gasteiger partial charge < -0.3 is 4.74 Å². The van der Waals surface area contributed by atoms with Crippen LogP contribution in [0.25, 0.3) is 0 Å². The smallest absolute Gasteiger partial charge is 0.385 e. The van der Waals surface area contributed by atoms with Gasteiger partial charge in [-0.2, -0.15) is 0 Å². The van der Waals surface area contributed by atoms with Crippen molar-refractivity contribution >= 4 is 12.4 Å². The lowest BCUT2D eigenvalue weighted by molar-refractivity contribution is -0.469. The van der Waals surface area contributed by atoms with Gasteiger partial charge in [-0.05, 0) is 0 Å². The Balaban J connectivity index is 3.50. The van der Waals surface area contributed by atoms with Crippen molar-refractivity contribution in [2.45, 2.75) is 0 Å². The van der Waals surface area contributed by atoms with Gasteiger partial charge in [0, 0.05) is 4.92 Å². The predicted octanol–water partition coefficient (Wildman–Crippen LogP) is -1.04. The van der Waals surface area contributed by atoms with E-state index >= 15 is 0 Å². The Morgan fingerprint density at radius 3 is 2.67 bits per heavy atom. The van der Waals surface area contributed by atoms with E-state index < -0.39 is 17.4 Å². The maximum atomic E-state index is 9.96. The monoisotopic (exact) mass is 133 g/mol. The largest absolute Gasteiger partial charge is 0.391 e. The summed E-state index contributed by atoms with van der Waals surface area (Å²) >= 11 is 0. The summed E-state index contributed by atoms with van der Waals surface area (Å²) in [6, 6.07) is 0. The van der Waals surface area contributed by atoms with Crippen molar-refractivity contribution in [1.29, 1.82) is 0 Å². The molecule has 0 N–H and O–H groups in total. The third-order valence-corrected chi connectivity index (χ3v) is 0.438. The summed E-state index contributed by atoms with van der Waals surface area (Å²) in [6.45, 7) is -1.12. The quantitative estimate of drug-likeness (QED) is 0.161. The number of esters is 1. The molecule has 0 heterocycles. The molecule has 0 aliphatic rings. The molecule has 0 aromatic rings. The molecule has 0 saturated carbocycles. The summed E-state index contributed by atoms with van der Waals surface area (Å²) in [5, 5.41) is 9.47. The third-order valence-electron chi connectivity index (χ3n) is 0.438. The van der Waals surface area contributed by atoms with E-state index in [1.165, 1.54) is 0 Å². The van der Waals surface area contributed by atoms with Crippen LogP contribution in [0.3, 0.4) is 0 Å². The van der Waals surface area contributed by atoms with Crippen LogP contribution in [0.1, 0.15) is 0 Å². The number of ether oxygens (including phenoxy) is 1. The molecule has 0 aromatic heterocycles. The summed E-state index contributed by atoms with van der Waals surface area (Å²) in [5.74, 6) is -1.16. The van der Waals surface area contributed by atoms with Crippen molar-refractivity contribution in [1.82, 2.24) is 0 Å². The summed E-state index contributed by atoms with van der Waals surface area (Å²) in [7, 11) is 0. The first-order valence-electron chi connectivity index (χ1n) is 1.91. The molecular weight excluding hydrogens is 130 g/mol. The maximum absolute atomic E-state index is 9.96. The molecule has 0 fully saturated rings. The Morgan fingerprint density at radius 2 is 2.33 bits per heavy atom. The van der Waals surface area contributed by atoms with E-state index in [0.29, 0.717) is 0 Å². The standard InChI is InChI=1S/C3H3NO5/c5-2-9-3(6)1-4(7)8/h2H,1H2. The van der Waals surface area contributed by atoms with Crippen molar-refractivity contribution < 1.29 is 19.2 Å². The van der Waals surface area contributed by atoms with Crippen LogP contribution < -0.4 is 0 Å². The highest BCUT2D eigenvalue weighted by molar-refractivity contribution is 5.77. The molecule has 6 nitrogen and oxygen atoms in total. The molecule has 0 amide bonds. The van der Waals surface area contributed by atoms with Gasteiger partial charge in [0.2, 0.25) is 0 Å². The second kappa shape index (κ2) is 3.53. The number of carbonyl (C=O) groups is 2. The summed E-state index contributed by atoms with van der Waals surface area (Å²) in [5.41, 5.74) is 0. The van der Waals surface area contributed by atoms with E-state index in [-0.39, 0.29) is 6.47 Å². The Kier molecular flexibility index (Phi) is 2.96. The Bertz CT molecular complexity index is 141. The number of carbonyl (C=O) groups excluding carboxylic acids is 2. The molecule has 0 saturated heterocycles. The van der Waals surface area contributed by atoms with Crippen LogP contribution in [0.5, 0.6) is 0 Å². The van der Waals surface area contributed by atoms with Crippen LogP contribution in [0.15, 0.2) is 0 Å². The van der Waals surface area contributed by atoms with Crippen LogP contribution in [0, 0.1) is 10.1 Å². The molecule has 9 heavy (non-hydrogen) atoms. The normalized spacial score (nSPS) is 8.00. The van der Waals surface area contributed by atoms with Gasteiger partial charge in [0.1, 0.15) is 0 Å². The van der Waals surface area contributed by atoms with Gasteiger partial charge in [-0.1, -0.05) is 0 Å². The summed E-state index contributed by atoms with van der Waals surface area (Å²) < 4.78 is 3.59. The number of rotatable bonds is 3. The first kappa shape index (κ1) is 7.54. The van der Waals surface area contributed by atoms with E-state index in [4.69, 9.17) is 0 Å². The van der Waals surface area contributed by atoms with Crippen molar-refractivity contribution in [3.8, 4) is 0 Å². The first-order valence-corrected chi connectivity index (χ1v) is 1.91. The predicted molar refractivity (Wildman–Crippen MR) is 24.0 cm³/mol. The number of nitrogens with zero attached hydrogens (tertiary/aromatic N) is 1. The lowest BCUT2D eigenvalue weighted by Gasteiger charge is -1.87. The van der Waals surface area contributed by atoms with E-state index in [1.54, 1.807) is 0 Å². The molecule has 6 heteroatoms. The molecule has 0 radical (unpaired) electrons. The van der Waals surface area contributed by atoms with Gasteiger partial charge in [0.05, 0.1) is 0 Å². The van der Waals surface area contributed by atoms with Crippen LogP contribution in [0.4, 0.5) is 0 Å². The number of hydrogen-bond acceptors (Lipinski definition) is 5. The molecule has 50 valence electrons. The van der Waals surface area contributed by atoms with Gasteiger partial charge in [-0.3, -0.25) is 14.9 Å². The van der Waals surface area contributed by atoms with Crippen LogP contribution in [-0.2, 0) is 14.3 Å². The second-order valence-corrected chi connectivity index (χ2v) is 1.08. The van der Waals surface area contributed by atoms with Crippen molar-refractivity contribution in [2.75, 3.05) is 6.54 Å². The highest BCUT2D eigenvalue weighted by Crippen LogP contribution is 1.73. The lowest BCUT2D eigenvalue weighted by atomic mass is 10.7. The molecule has 0 aliphatic carbocycles. The fraction of sp³-hybridized carbons (Fsp3) is 0.333. The highest BCUT2D eigenvalue weighted by Gasteiger charge is 2.08. The maximum Gasteiger partial charge on any atom is 0.385 e. The SMILES string of the molecule is O=COC(=O)C[N+](=O)[O-]. The van der Waals surface area contributed by atoms with E-state index in [1.807, 2.05) is 0 Å². The Morgan fingerprint density at radius 1 is 1.78 bits per heavy atom. The zero-order valence-electron chi connectivity index (χ0n) is 4.27. The molecule has 0 spiro atoms. The molecule has 0 aromatic carbocycles. The summed E-state index contributed by atoms with van der Waals surface area (Å²) in [6.07, 6.45) is 0. The topological polar surface area (TPSA) is 86.5 Å². The van der Waals surface area contributed by atoms with Gasteiger partial charge in [-0.15, -0.1) is 0 Å². The summed E-state index contributed by atoms with van der Waals surface area (Å²) in [4.78, 5) is 27.9. The zero-order valence-corrected chi connectivity index (χ0v) is 4.27. The van der Waals surface area contributed by atoms with Gasteiger partial charge in [0.15, 0.2) is 0 Å². The van der Waals surface area contributed by atoms with Crippen molar-refractivity contribution in [2.24, 2.45) is 0 Å². The minimum absolute atomic E-state index is 0.147. The second-order valence-electron chi connectivity index (χ2n) is 1.08. The van der Waals surface area contributed by atoms with Gasteiger partial charge in [0.25, 0.3) is 6.54 Å². The third kappa shape index (κ3) is 4.39. The van der Waals surface area contributed by atoms with Crippen LogP contribution >= 0.6 is 0 Å². The fourth-order valence-electron chi connectivity index (χ4n) is 0.196. The fourth-order valence-corrected chi connectivity index (χ4v) is 0.196. The Labute approximate surface area is 49.6 Å². The van der Waals surface area contributed by atoms with E-state index in [2.05, 4.69) is 4.74 Å². The van der Waals surface area contributed by atoms with Crippen LogP contribution in [-0.4, -0.2) is 23.9 Å². The zero-order chi connectivity index (χ0) is 7.28. The van der Waals surface area contributed by atoms with E-state index in [0.717, 1.165) is 0 Å². The van der Waals surface area contributed by atoms with Gasteiger partial charge >= 0.3 is 12.4 Å². The molecular formula is C3H3NO5. The Hall–Kier alpha value is -1.46. The van der Waals surface area contributed by atoms with Gasteiger partial charge in [-0.25, -0.2) is 4.79 Å². The highest BCUT2D eigenvalue weighted by atomic mass is 16.6. The van der Waals surface area contributed by atoms with E-state index in [9.17, 15) is 19.7 Å². The van der Waals surface area contributed by atoms with Crippen LogP contribution in [0.2, 0.25) is 0 Å². The molecule has 0 unspecified atom stereocenters. The average molecular weight is 133 g/mol. The lowest BCUT2D eigenvalue weighted by Crippen LogP contribution is -2.15. The first-order chi connectivity index (χ1) is 4.16. The number of nitro groups is 1. The number of hydrogen-bond donors (Lipinski definition) is 0. The minimum atomic E-state index is -1.16.